The lowest BCUT2D eigenvalue weighted by atomic mass is 9.93. The number of aliphatic imine (C=N–C) groups is 1. The van der Waals surface area contributed by atoms with Crippen LogP contribution in [0.3, 0.4) is 0 Å². The summed E-state index contributed by atoms with van der Waals surface area (Å²) in [5, 5.41) is 12.8. The molecule has 8 heteroatoms. The number of aliphatic hydroxyl groups excluding tert-OH is 1. The van der Waals surface area contributed by atoms with E-state index in [0.29, 0.717) is 18.7 Å². The van der Waals surface area contributed by atoms with Crippen molar-refractivity contribution in [3.8, 4) is 11.3 Å². The number of hydrogen-bond acceptors (Lipinski definition) is 6. The third kappa shape index (κ3) is 6.53. The SMILES string of the molecule is C=[N+](C(=O)NCC)C1=Cc2cc(C3=CC=C=C(C(C)O)N=C3)cc(-c3cc(CN4CC(C)OC(C)C4)ccn3)c2C1. The molecule has 2 aromatic rings. The Morgan fingerprint density at radius 2 is 2.07 bits per heavy atom. The number of carbonyl (C=O) groups is 1. The van der Waals surface area contributed by atoms with Crippen molar-refractivity contribution in [2.24, 2.45) is 4.99 Å². The lowest BCUT2D eigenvalue weighted by Crippen LogP contribution is -2.44. The number of ether oxygens (including phenoxy) is 1. The number of nitrogens with zero attached hydrogens (tertiary/aromatic N) is 4. The van der Waals surface area contributed by atoms with Gasteiger partial charge in [-0.1, -0.05) is 5.73 Å². The van der Waals surface area contributed by atoms with E-state index in [9.17, 15) is 9.90 Å². The van der Waals surface area contributed by atoms with Crippen molar-refractivity contribution in [3.05, 3.63) is 82.0 Å². The number of hydrogen-bond donors (Lipinski definition) is 2. The standard InChI is InChI=1S/C33H37N5O3/c1-6-34-33(40)37(5)28-14-27-13-26(25-8-7-9-31(23(4)39)36-17-25)15-30(29(27)16-28)32-12-24(10-11-35-32)20-38-18-21(2)41-22(3)19-38/h7-8,10-15,17,21-23,39H,5-6,16,18-20H2,1-4H3/p+1. The Bertz CT molecular complexity index is 1520. The van der Waals surface area contributed by atoms with Crippen molar-refractivity contribution in [2.75, 3.05) is 19.6 Å². The highest BCUT2D eigenvalue weighted by Crippen LogP contribution is 2.37. The van der Waals surface area contributed by atoms with E-state index in [-0.39, 0.29) is 18.2 Å². The molecule has 2 aliphatic heterocycles. The number of aromatic nitrogens is 1. The number of carbonyl (C=O) groups excluding carboxylic acids is 1. The average molecular weight is 553 g/mol. The number of aliphatic hydroxyl groups is 1. The summed E-state index contributed by atoms with van der Waals surface area (Å²) in [5.41, 5.74) is 11.4. The fourth-order valence-corrected chi connectivity index (χ4v) is 5.60. The second-order valence-corrected chi connectivity index (χ2v) is 10.9. The van der Waals surface area contributed by atoms with E-state index in [0.717, 1.165) is 58.9 Å². The molecule has 1 aliphatic carbocycles. The van der Waals surface area contributed by atoms with Crippen LogP contribution in [0.25, 0.3) is 22.9 Å². The van der Waals surface area contributed by atoms with Gasteiger partial charge in [0.25, 0.3) is 0 Å². The van der Waals surface area contributed by atoms with Gasteiger partial charge in [0.2, 0.25) is 0 Å². The van der Waals surface area contributed by atoms with Gasteiger partial charge >= 0.3 is 6.03 Å². The topological polar surface area (TPSA) is 90.1 Å². The number of rotatable bonds is 7. The molecule has 1 aromatic carbocycles. The number of benzene rings is 1. The fraction of sp³-hybridized carbons (Fsp3) is 0.364. The molecule has 0 radical (unpaired) electrons. The second-order valence-electron chi connectivity index (χ2n) is 10.9. The van der Waals surface area contributed by atoms with Crippen LogP contribution in [-0.2, 0) is 17.7 Å². The van der Waals surface area contributed by atoms with Gasteiger partial charge in [0.1, 0.15) is 17.5 Å². The maximum atomic E-state index is 12.6. The summed E-state index contributed by atoms with van der Waals surface area (Å²) in [4.78, 5) is 24.3. The zero-order valence-corrected chi connectivity index (χ0v) is 24.2. The molecule has 1 aromatic heterocycles. The highest BCUT2D eigenvalue weighted by molar-refractivity contribution is 6.11. The third-order valence-electron chi connectivity index (χ3n) is 7.45. The van der Waals surface area contributed by atoms with Gasteiger partial charge in [-0.2, -0.15) is 9.37 Å². The van der Waals surface area contributed by atoms with Gasteiger partial charge in [-0.05, 0) is 92.4 Å². The lowest BCUT2D eigenvalue weighted by molar-refractivity contribution is -0.363. The fourth-order valence-electron chi connectivity index (χ4n) is 5.60. The maximum absolute atomic E-state index is 12.6. The first kappa shape index (κ1) is 28.6. The van der Waals surface area contributed by atoms with Gasteiger partial charge in [0.05, 0.1) is 31.2 Å². The summed E-state index contributed by atoms with van der Waals surface area (Å²) in [7, 11) is 0. The summed E-state index contributed by atoms with van der Waals surface area (Å²) in [6.45, 7) is 14.9. The molecule has 212 valence electrons. The van der Waals surface area contributed by atoms with Gasteiger partial charge in [0, 0.05) is 49.6 Å². The van der Waals surface area contributed by atoms with Gasteiger partial charge in [-0.3, -0.25) is 9.88 Å². The molecule has 41 heavy (non-hydrogen) atoms. The first-order valence-electron chi connectivity index (χ1n) is 14.2. The quantitative estimate of drug-likeness (QED) is 0.298. The second kappa shape index (κ2) is 12.3. The normalized spacial score (nSPS) is 21.0. The van der Waals surface area contributed by atoms with E-state index in [2.05, 4.69) is 65.8 Å². The van der Waals surface area contributed by atoms with Gasteiger partial charge in [-0.15, -0.1) is 0 Å². The number of nitrogens with one attached hydrogen (secondary N) is 1. The van der Waals surface area contributed by atoms with Crippen molar-refractivity contribution in [1.29, 1.82) is 0 Å². The minimum atomic E-state index is -0.710. The molecule has 2 amide bonds. The van der Waals surface area contributed by atoms with E-state index >= 15 is 0 Å². The first-order valence-corrected chi connectivity index (χ1v) is 14.2. The molecule has 3 atom stereocenters. The van der Waals surface area contributed by atoms with Crippen LogP contribution in [-0.4, -0.2) is 76.5 Å². The Morgan fingerprint density at radius 3 is 2.80 bits per heavy atom. The molecule has 2 N–H and O–H groups in total. The van der Waals surface area contributed by atoms with E-state index in [1.54, 1.807) is 19.2 Å². The van der Waals surface area contributed by atoms with Crippen LogP contribution in [0.4, 0.5) is 4.79 Å². The van der Waals surface area contributed by atoms with Crippen LogP contribution in [0.15, 0.2) is 64.7 Å². The molecule has 3 aliphatic rings. The molecule has 3 heterocycles. The molecule has 1 saturated heterocycles. The Balaban J connectivity index is 1.53. The average Bonchev–Trinajstić information content (AvgIpc) is 3.20. The van der Waals surface area contributed by atoms with E-state index in [4.69, 9.17) is 9.72 Å². The van der Waals surface area contributed by atoms with Crippen molar-refractivity contribution in [1.82, 2.24) is 15.2 Å². The van der Waals surface area contributed by atoms with Crippen LogP contribution in [0.5, 0.6) is 0 Å². The Morgan fingerprint density at radius 1 is 1.29 bits per heavy atom. The molecule has 1 fully saturated rings. The van der Waals surface area contributed by atoms with Gasteiger partial charge in [-0.25, -0.2) is 10.3 Å². The largest absolute Gasteiger partial charge is 0.495 e. The van der Waals surface area contributed by atoms with E-state index in [1.807, 2.05) is 25.3 Å². The lowest BCUT2D eigenvalue weighted by Gasteiger charge is -2.35. The third-order valence-corrected chi connectivity index (χ3v) is 7.45. The number of amides is 2. The molecule has 5 rings (SSSR count). The number of urea groups is 1. The van der Waals surface area contributed by atoms with E-state index < -0.39 is 6.10 Å². The Hall–Kier alpha value is -3.94. The van der Waals surface area contributed by atoms with Crippen molar-refractivity contribution >= 4 is 30.6 Å². The molecule has 0 saturated carbocycles. The molecular formula is C33H38N5O3+. The molecule has 0 bridgehead atoms. The van der Waals surface area contributed by atoms with Crippen LogP contribution < -0.4 is 5.32 Å². The number of allylic oxidation sites excluding steroid dienone is 3. The van der Waals surface area contributed by atoms with Crippen LogP contribution in [0, 0.1) is 0 Å². The van der Waals surface area contributed by atoms with Crippen LogP contribution in [0.2, 0.25) is 0 Å². The van der Waals surface area contributed by atoms with Crippen LogP contribution in [0.1, 0.15) is 49.9 Å². The van der Waals surface area contributed by atoms with E-state index in [1.165, 1.54) is 10.1 Å². The molecule has 8 nitrogen and oxygen atoms in total. The smallest absolute Gasteiger partial charge is 0.386 e. The summed E-state index contributed by atoms with van der Waals surface area (Å²) >= 11 is 0. The van der Waals surface area contributed by atoms with Crippen LogP contribution >= 0.6 is 0 Å². The number of fused-ring (bicyclic) bond motifs is 1. The Kier molecular flexibility index (Phi) is 8.57. The molecular weight excluding hydrogens is 514 g/mol. The van der Waals surface area contributed by atoms with Gasteiger partial charge < -0.3 is 9.84 Å². The predicted octanol–water partition coefficient (Wildman–Crippen LogP) is 4.59. The Labute approximate surface area is 241 Å². The zero-order chi connectivity index (χ0) is 29.1. The number of pyridine rings is 1. The monoisotopic (exact) mass is 552 g/mol. The first-order chi connectivity index (χ1) is 19.7. The summed E-state index contributed by atoms with van der Waals surface area (Å²) in [6, 6.07) is 8.25. The highest BCUT2D eigenvalue weighted by Gasteiger charge is 2.27. The van der Waals surface area contributed by atoms with Gasteiger partial charge in [0.15, 0.2) is 0 Å². The zero-order valence-electron chi connectivity index (χ0n) is 24.2. The summed E-state index contributed by atoms with van der Waals surface area (Å²) < 4.78 is 7.36. The minimum absolute atomic E-state index is 0.201. The maximum Gasteiger partial charge on any atom is 0.495 e. The predicted molar refractivity (Wildman–Crippen MR) is 163 cm³/mol. The van der Waals surface area contributed by atoms with Crippen molar-refractivity contribution in [2.45, 2.75) is 59.0 Å². The summed E-state index contributed by atoms with van der Waals surface area (Å²) in [5.74, 6) is 0. The molecule has 0 spiro atoms. The number of morpholine rings is 1. The highest BCUT2D eigenvalue weighted by atomic mass is 16.5. The molecule has 3 unspecified atom stereocenters. The minimum Gasteiger partial charge on any atom is -0.386 e. The van der Waals surface area contributed by atoms with Crippen molar-refractivity contribution in [3.63, 3.8) is 0 Å². The van der Waals surface area contributed by atoms with Crippen molar-refractivity contribution < 1.29 is 19.2 Å². The summed E-state index contributed by atoms with van der Waals surface area (Å²) in [6.07, 6.45) is 9.64.